The van der Waals surface area contributed by atoms with Gasteiger partial charge in [-0.15, -0.1) is 11.3 Å². The number of carbonyl (C=O) groups is 4. The van der Waals surface area contributed by atoms with Gasteiger partial charge in [0.1, 0.15) is 0 Å². The molecule has 0 saturated carbocycles. The molecule has 1 aliphatic heterocycles. The zero-order chi connectivity index (χ0) is 21.0. The molecule has 0 radical (unpaired) electrons. The Morgan fingerprint density at radius 2 is 1.86 bits per heavy atom. The summed E-state index contributed by atoms with van der Waals surface area (Å²) in [6.07, 6.45) is 1.35. The summed E-state index contributed by atoms with van der Waals surface area (Å²) >= 11 is 1.37. The van der Waals surface area contributed by atoms with Crippen LogP contribution in [0.15, 0.2) is 36.4 Å². The quantitative estimate of drug-likeness (QED) is 0.633. The van der Waals surface area contributed by atoms with Crippen molar-refractivity contribution in [3.63, 3.8) is 0 Å². The van der Waals surface area contributed by atoms with Crippen molar-refractivity contribution in [3.05, 3.63) is 51.7 Å². The Bertz CT molecular complexity index is 951. The van der Waals surface area contributed by atoms with E-state index in [1.807, 2.05) is 19.9 Å². The van der Waals surface area contributed by atoms with Crippen molar-refractivity contribution in [2.75, 3.05) is 11.9 Å². The van der Waals surface area contributed by atoms with E-state index in [1.54, 1.807) is 30.3 Å². The number of hydrogen-bond acceptors (Lipinski definition) is 5. The number of hydrogen-bond donors (Lipinski definition) is 3. The van der Waals surface area contributed by atoms with Gasteiger partial charge < -0.3 is 10.6 Å². The van der Waals surface area contributed by atoms with Gasteiger partial charge in [0, 0.05) is 17.0 Å². The summed E-state index contributed by atoms with van der Waals surface area (Å²) in [4.78, 5) is 49.7. The third-order valence-electron chi connectivity index (χ3n) is 5.16. The van der Waals surface area contributed by atoms with Crippen LogP contribution in [0.25, 0.3) is 0 Å². The third kappa shape index (κ3) is 4.54. The maximum absolute atomic E-state index is 12.4. The molecule has 2 aromatic rings. The first-order valence-electron chi connectivity index (χ1n) is 9.43. The highest BCUT2D eigenvalue weighted by atomic mass is 32.1. The Balaban J connectivity index is 1.60. The van der Waals surface area contributed by atoms with Gasteiger partial charge in [0.25, 0.3) is 5.91 Å². The maximum atomic E-state index is 12.4. The fourth-order valence-corrected chi connectivity index (χ4v) is 4.23. The average molecular weight is 413 g/mol. The molecule has 152 valence electrons. The van der Waals surface area contributed by atoms with Gasteiger partial charge in [0.15, 0.2) is 0 Å². The van der Waals surface area contributed by atoms with Crippen LogP contribution in [0.3, 0.4) is 0 Å². The molecular weight excluding hydrogens is 390 g/mol. The van der Waals surface area contributed by atoms with Gasteiger partial charge in [-0.3, -0.25) is 24.5 Å². The molecule has 3 rings (SSSR count). The normalized spacial score (nSPS) is 18.8. The van der Waals surface area contributed by atoms with Crippen LogP contribution in [-0.4, -0.2) is 30.2 Å². The highest BCUT2D eigenvalue weighted by Gasteiger charge is 2.42. The van der Waals surface area contributed by atoms with Gasteiger partial charge in [0.2, 0.25) is 17.7 Å². The lowest BCUT2D eigenvalue weighted by atomic mass is 9.72. The second-order valence-corrected chi connectivity index (χ2v) is 8.32. The standard InChI is InChI=1S/C21H23N3O4S/c1-3-21(11-10-17(25)24-20(21)28)14-5-7-15(8-6-14)23-18(26)12-22-19(27)16-9-4-13(2)29-16/h4-9H,3,10-12H2,1-2H3,(H,22,27)(H,23,26)(H,24,25,28). The Labute approximate surface area is 172 Å². The SMILES string of the molecule is CCC1(c2ccc(NC(=O)CNC(=O)c3ccc(C)s3)cc2)CCC(=O)NC1=O. The fourth-order valence-electron chi connectivity index (χ4n) is 3.45. The van der Waals surface area contributed by atoms with Crippen molar-refractivity contribution in [1.29, 1.82) is 0 Å². The van der Waals surface area contributed by atoms with Crippen molar-refractivity contribution in [2.24, 2.45) is 0 Å². The van der Waals surface area contributed by atoms with Gasteiger partial charge in [0.05, 0.1) is 16.8 Å². The van der Waals surface area contributed by atoms with Gasteiger partial charge >= 0.3 is 0 Å². The topological polar surface area (TPSA) is 104 Å². The molecule has 29 heavy (non-hydrogen) atoms. The van der Waals surface area contributed by atoms with Crippen LogP contribution in [0.5, 0.6) is 0 Å². The molecular formula is C21H23N3O4S. The zero-order valence-corrected chi connectivity index (χ0v) is 17.2. The monoisotopic (exact) mass is 413 g/mol. The molecule has 0 bridgehead atoms. The molecule has 7 nitrogen and oxygen atoms in total. The average Bonchev–Trinajstić information content (AvgIpc) is 3.14. The Kier molecular flexibility index (Phi) is 6.12. The molecule has 1 aromatic carbocycles. The van der Waals surface area contributed by atoms with E-state index < -0.39 is 5.41 Å². The highest BCUT2D eigenvalue weighted by Crippen LogP contribution is 2.36. The number of anilines is 1. The fraction of sp³-hybridized carbons (Fsp3) is 0.333. The molecule has 3 N–H and O–H groups in total. The number of carbonyl (C=O) groups excluding carboxylic acids is 4. The zero-order valence-electron chi connectivity index (χ0n) is 16.3. The van der Waals surface area contributed by atoms with E-state index in [0.717, 1.165) is 10.4 Å². The largest absolute Gasteiger partial charge is 0.342 e. The Morgan fingerprint density at radius 3 is 2.45 bits per heavy atom. The van der Waals surface area contributed by atoms with Gasteiger partial charge in [-0.05, 0) is 49.6 Å². The first-order chi connectivity index (χ1) is 13.8. The van der Waals surface area contributed by atoms with Crippen LogP contribution >= 0.6 is 11.3 Å². The molecule has 1 aromatic heterocycles. The van der Waals surface area contributed by atoms with Crippen LogP contribution in [0.1, 0.15) is 46.3 Å². The van der Waals surface area contributed by atoms with E-state index in [0.29, 0.717) is 29.8 Å². The summed E-state index contributed by atoms with van der Waals surface area (Å²) < 4.78 is 0. The van der Waals surface area contributed by atoms with Crippen LogP contribution in [0, 0.1) is 6.92 Å². The van der Waals surface area contributed by atoms with E-state index in [9.17, 15) is 19.2 Å². The molecule has 1 saturated heterocycles. The van der Waals surface area contributed by atoms with Gasteiger partial charge in [-0.2, -0.15) is 0 Å². The second-order valence-electron chi connectivity index (χ2n) is 7.03. The molecule has 8 heteroatoms. The summed E-state index contributed by atoms with van der Waals surface area (Å²) in [5, 5.41) is 7.74. The molecule has 0 aliphatic carbocycles. The van der Waals surface area contributed by atoms with Crippen molar-refractivity contribution >= 4 is 40.7 Å². The minimum Gasteiger partial charge on any atom is -0.342 e. The first-order valence-corrected chi connectivity index (χ1v) is 10.2. The van der Waals surface area contributed by atoms with Crippen LogP contribution in [0.2, 0.25) is 0 Å². The summed E-state index contributed by atoms with van der Waals surface area (Å²) in [7, 11) is 0. The molecule has 2 heterocycles. The minimum atomic E-state index is -0.733. The predicted molar refractivity (Wildman–Crippen MR) is 111 cm³/mol. The molecule has 1 fully saturated rings. The summed E-state index contributed by atoms with van der Waals surface area (Å²) in [5.41, 5.74) is 0.645. The number of imide groups is 1. The second kappa shape index (κ2) is 8.57. The number of aryl methyl sites for hydroxylation is 1. The van der Waals surface area contributed by atoms with E-state index in [1.165, 1.54) is 11.3 Å². The predicted octanol–water partition coefficient (Wildman–Crippen LogP) is 2.51. The number of amides is 4. The smallest absolute Gasteiger partial charge is 0.261 e. The Morgan fingerprint density at radius 1 is 1.14 bits per heavy atom. The van der Waals surface area contributed by atoms with Crippen LogP contribution in [-0.2, 0) is 19.8 Å². The van der Waals surface area contributed by atoms with Crippen molar-refractivity contribution in [1.82, 2.24) is 10.6 Å². The molecule has 4 amide bonds. The lowest BCUT2D eigenvalue weighted by molar-refractivity contribution is -0.138. The molecule has 1 atom stereocenters. The van der Waals surface area contributed by atoms with Crippen molar-refractivity contribution in [3.8, 4) is 0 Å². The van der Waals surface area contributed by atoms with Gasteiger partial charge in [-0.1, -0.05) is 19.1 Å². The van der Waals surface area contributed by atoms with Gasteiger partial charge in [-0.25, -0.2) is 0 Å². The van der Waals surface area contributed by atoms with E-state index in [2.05, 4.69) is 16.0 Å². The van der Waals surface area contributed by atoms with Crippen molar-refractivity contribution in [2.45, 2.75) is 38.5 Å². The summed E-state index contributed by atoms with van der Waals surface area (Å²) in [6, 6.07) is 10.6. The number of benzene rings is 1. The van der Waals surface area contributed by atoms with E-state index >= 15 is 0 Å². The van der Waals surface area contributed by atoms with Crippen LogP contribution < -0.4 is 16.0 Å². The molecule has 1 aliphatic rings. The summed E-state index contributed by atoms with van der Waals surface area (Å²) in [6.45, 7) is 3.69. The summed E-state index contributed by atoms with van der Waals surface area (Å²) in [5.74, 6) is -1.15. The Hall–Kier alpha value is -3.00. The minimum absolute atomic E-state index is 0.138. The van der Waals surface area contributed by atoms with E-state index in [4.69, 9.17) is 0 Å². The van der Waals surface area contributed by atoms with Crippen molar-refractivity contribution < 1.29 is 19.2 Å². The maximum Gasteiger partial charge on any atom is 0.261 e. The number of thiophene rings is 1. The highest BCUT2D eigenvalue weighted by molar-refractivity contribution is 7.13. The number of piperidine rings is 1. The lowest BCUT2D eigenvalue weighted by Gasteiger charge is -2.35. The molecule has 1 unspecified atom stereocenters. The number of nitrogens with one attached hydrogen (secondary N) is 3. The van der Waals surface area contributed by atoms with E-state index in [-0.39, 0.29) is 30.2 Å². The number of rotatable bonds is 6. The lowest BCUT2D eigenvalue weighted by Crippen LogP contribution is -2.51. The first kappa shape index (κ1) is 20.7. The van der Waals surface area contributed by atoms with Crippen LogP contribution in [0.4, 0.5) is 5.69 Å². The third-order valence-corrected chi connectivity index (χ3v) is 6.16. The molecule has 0 spiro atoms.